The second kappa shape index (κ2) is 9.77. The number of rotatable bonds is 1. The number of aromatic nitrogens is 1. The highest BCUT2D eigenvalue weighted by Crippen LogP contribution is 2.34. The number of nitrogens with zero attached hydrogens (tertiary/aromatic N) is 2. The molecule has 0 spiro atoms. The molecule has 0 radical (unpaired) electrons. The fourth-order valence-corrected chi connectivity index (χ4v) is 5.04. The first kappa shape index (κ1) is 24.8. The number of alkyl halides is 3. The lowest BCUT2D eigenvalue weighted by molar-refractivity contribution is -0.172. The molecule has 1 N–H and O–H groups in total. The first-order valence-electron chi connectivity index (χ1n) is 10.9. The maximum Gasteiger partial charge on any atom is 0.408 e. The average molecular weight is 506 g/mol. The second-order valence-corrected chi connectivity index (χ2v) is 9.30. The summed E-state index contributed by atoms with van der Waals surface area (Å²) in [4.78, 5) is 25.5. The van der Waals surface area contributed by atoms with Gasteiger partial charge in [0, 0.05) is 34.9 Å². The number of carbonyl (C=O) groups is 1. The standard InChI is InChI=1S/C14H11FS.C11H12F3N3O2/c15-13-6-3-5-11-9-16-14-7-2-1-4-10(14)8-12(11)13;1-6-8(18)3-4-17-9(6)10(19)16(5-15-17)7(2)11(12,13)14/h1-7H,8-9H2;3-4,7,15H,5H2,1-2H3/t;7-/m.0/s1. The summed E-state index contributed by atoms with van der Waals surface area (Å²) in [6.45, 7) is 2.05. The normalized spacial score (nSPS) is 15.5. The number of carbonyl (C=O) groups excluding carboxylic acids is 1. The molecule has 3 aromatic rings. The number of nitrogens with one attached hydrogen (secondary N) is 1. The van der Waals surface area contributed by atoms with Crippen LogP contribution in [0.4, 0.5) is 17.6 Å². The Morgan fingerprint density at radius 3 is 2.49 bits per heavy atom. The van der Waals surface area contributed by atoms with Crippen LogP contribution >= 0.6 is 11.8 Å². The Balaban J connectivity index is 0.000000167. The number of hydrogen-bond donors (Lipinski definition) is 1. The van der Waals surface area contributed by atoms with Gasteiger partial charge in [-0.15, -0.1) is 11.8 Å². The minimum absolute atomic E-state index is 0.0603. The molecule has 1 atom stereocenters. The van der Waals surface area contributed by atoms with Gasteiger partial charge in [0.2, 0.25) is 0 Å². The van der Waals surface area contributed by atoms with Crippen LogP contribution in [0.25, 0.3) is 0 Å². The fourth-order valence-electron chi connectivity index (χ4n) is 3.96. The van der Waals surface area contributed by atoms with Crippen LogP contribution in [0, 0.1) is 12.7 Å². The average Bonchev–Trinajstić information content (AvgIpc) is 3.01. The van der Waals surface area contributed by atoms with E-state index in [0.29, 0.717) is 11.3 Å². The highest BCUT2D eigenvalue weighted by Gasteiger charge is 2.44. The molecule has 0 saturated heterocycles. The van der Waals surface area contributed by atoms with E-state index in [2.05, 4.69) is 17.6 Å². The Hall–Kier alpha value is -3.27. The zero-order chi connectivity index (χ0) is 25.3. The van der Waals surface area contributed by atoms with E-state index >= 15 is 0 Å². The van der Waals surface area contributed by atoms with E-state index in [0.717, 1.165) is 23.8 Å². The SMILES string of the molecule is Cc1c2n(ccc1=O)NCN([C@@H](C)C(F)(F)F)C2=O.Fc1cccc2c1Cc1ccccc1SC2. The predicted molar refractivity (Wildman–Crippen MR) is 127 cm³/mol. The lowest BCUT2D eigenvalue weighted by atomic mass is 10.0. The van der Waals surface area contributed by atoms with Gasteiger partial charge in [-0.25, -0.2) is 4.39 Å². The molecular formula is C25H23F4N3O2S. The van der Waals surface area contributed by atoms with Gasteiger partial charge in [0.25, 0.3) is 5.91 Å². The van der Waals surface area contributed by atoms with E-state index < -0.39 is 18.1 Å². The van der Waals surface area contributed by atoms with Crippen LogP contribution in [0.1, 0.15) is 39.7 Å². The minimum Gasteiger partial charge on any atom is -0.307 e. The summed E-state index contributed by atoms with van der Waals surface area (Å²) in [5.41, 5.74) is 5.54. The third kappa shape index (κ3) is 5.07. The number of fused-ring (bicyclic) bond motifs is 3. The predicted octanol–water partition coefficient (Wildman–Crippen LogP) is 5.09. The van der Waals surface area contributed by atoms with Crippen molar-refractivity contribution in [1.82, 2.24) is 9.58 Å². The highest BCUT2D eigenvalue weighted by atomic mass is 32.2. The zero-order valence-electron chi connectivity index (χ0n) is 19.0. The Labute approximate surface area is 203 Å². The summed E-state index contributed by atoms with van der Waals surface area (Å²) in [5.74, 6) is -0.0158. The number of halogens is 4. The molecule has 1 aromatic heterocycles. The maximum atomic E-state index is 13.7. The Morgan fingerprint density at radius 1 is 1.03 bits per heavy atom. The lowest BCUT2D eigenvalue weighted by Gasteiger charge is -2.36. The van der Waals surface area contributed by atoms with Crippen molar-refractivity contribution in [3.8, 4) is 0 Å². The summed E-state index contributed by atoms with van der Waals surface area (Å²) in [6.07, 6.45) is -2.47. The summed E-state index contributed by atoms with van der Waals surface area (Å²) >= 11 is 1.79. The van der Waals surface area contributed by atoms with E-state index in [-0.39, 0.29) is 29.2 Å². The molecule has 0 fully saturated rings. The molecule has 1 amide bonds. The fraction of sp³-hybridized carbons (Fsp3) is 0.280. The highest BCUT2D eigenvalue weighted by molar-refractivity contribution is 7.98. The number of benzene rings is 2. The zero-order valence-corrected chi connectivity index (χ0v) is 19.8. The van der Waals surface area contributed by atoms with E-state index in [9.17, 15) is 27.2 Å². The summed E-state index contributed by atoms with van der Waals surface area (Å²) in [5, 5.41) is 0. The van der Waals surface area contributed by atoms with Crippen LogP contribution in [-0.2, 0) is 12.2 Å². The molecular weight excluding hydrogens is 482 g/mol. The van der Waals surface area contributed by atoms with Crippen LogP contribution in [0.15, 0.2) is 64.4 Å². The molecule has 2 aliphatic heterocycles. The van der Waals surface area contributed by atoms with Gasteiger partial charge in [0.05, 0.1) is 0 Å². The van der Waals surface area contributed by atoms with Crippen molar-refractivity contribution in [2.45, 2.75) is 43.1 Å². The van der Waals surface area contributed by atoms with Crippen LogP contribution in [0.5, 0.6) is 0 Å². The first-order chi connectivity index (χ1) is 16.6. The quantitative estimate of drug-likeness (QED) is 0.469. The molecule has 35 heavy (non-hydrogen) atoms. The molecule has 0 unspecified atom stereocenters. The molecule has 2 aliphatic rings. The Bertz CT molecular complexity index is 1320. The van der Waals surface area contributed by atoms with Gasteiger partial charge in [-0.3, -0.25) is 14.3 Å². The van der Waals surface area contributed by atoms with Gasteiger partial charge in [-0.05, 0) is 42.7 Å². The van der Waals surface area contributed by atoms with E-state index in [4.69, 9.17) is 0 Å². The number of pyridine rings is 1. The molecule has 0 bridgehead atoms. The van der Waals surface area contributed by atoms with Crippen molar-refractivity contribution in [2.75, 3.05) is 12.1 Å². The molecule has 184 valence electrons. The topological polar surface area (TPSA) is 54.3 Å². The first-order valence-corrected chi connectivity index (χ1v) is 11.9. The van der Waals surface area contributed by atoms with E-state index in [1.165, 1.54) is 34.3 Å². The molecule has 0 aliphatic carbocycles. The van der Waals surface area contributed by atoms with Gasteiger partial charge in [0.15, 0.2) is 5.43 Å². The third-order valence-electron chi connectivity index (χ3n) is 6.10. The monoisotopic (exact) mass is 505 g/mol. The summed E-state index contributed by atoms with van der Waals surface area (Å²) in [6, 6.07) is 13.0. The third-order valence-corrected chi connectivity index (χ3v) is 7.26. The van der Waals surface area contributed by atoms with Crippen molar-refractivity contribution in [2.24, 2.45) is 0 Å². The van der Waals surface area contributed by atoms with Crippen LogP contribution in [0.2, 0.25) is 0 Å². The molecule has 10 heteroatoms. The van der Waals surface area contributed by atoms with Crippen LogP contribution in [0.3, 0.4) is 0 Å². The van der Waals surface area contributed by atoms with Gasteiger partial charge in [-0.2, -0.15) is 13.2 Å². The van der Waals surface area contributed by atoms with Crippen molar-refractivity contribution in [3.63, 3.8) is 0 Å². The van der Waals surface area contributed by atoms with E-state index in [1.54, 1.807) is 23.9 Å². The minimum atomic E-state index is -4.51. The van der Waals surface area contributed by atoms with Crippen molar-refractivity contribution in [3.05, 3.63) is 98.7 Å². The lowest BCUT2D eigenvalue weighted by Crippen LogP contribution is -2.54. The van der Waals surface area contributed by atoms with Gasteiger partial charge in [-0.1, -0.05) is 30.3 Å². The van der Waals surface area contributed by atoms with Crippen LogP contribution < -0.4 is 10.9 Å². The smallest absolute Gasteiger partial charge is 0.307 e. The largest absolute Gasteiger partial charge is 0.408 e. The molecule has 5 rings (SSSR count). The summed E-state index contributed by atoms with van der Waals surface area (Å²) < 4.78 is 53.0. The second-order valence-electron chi connectivity index (χ2n) is 8.28. The Kier molecular flexibility index (Phi) is 6.93. The van der Waals surface area contributed by atoms with E-state index in [1.807, 2.05) is 18.2 Å². The van der Waals surface area contributed by atoms with Gasteiger partial charge in [0.1, 0.15) is 24.2 Å². The molecule has 0 saturated carbocycles. The number of hydrogen-bond acceptors (Lipinski definition) is 4. The molecule has 3 heterocycles. The summed E-state index contributed by atoms with van der Waals surface area (Å²) in [7, 11) is 0. The molecule has 2 aromatic carbocycles. The van der Waals surface area contributed by atoms with Crippen molar-refractivity contribution in [1.29, 1.82) is 0 Å². The van der Waals surface area contributed by atoms with Gasteiger partial charge >= 0.3 is 6.18 Å². The van der Waals surface area contributed by atoms with Crippen LogP contribution in [-0.4, -0.2) is 34.4 Å². The number of amides is 1. The Morgan fingerprint density at radius 2 is 1.74 bits per heavy atom. The van der Waals surface area contributed by atoms with Gasteiger partial charge < -0.3 is 10.3 Å². The number of thioether (sulfide) groups is 1. The van der Waals surface area contributed by atoms with Crippen molar-refractivity contribution >= 4 is 17.7 Å². The molecule has 5 nitrogen and oxygen atoms in total. The van der Waals surface area contributed by atoms with Crippen molar-refractivity contribution < 1.29 is 22.4 Å². The maximum absolute atomic E-state index is 13.7.